The summed E-state index contributed by atoms with van der Waals surface area (Å²) >= 11 is 1.38. The molecule has 2 heterocycles. The lowest BCUT2D eigenvalue weighted by Crippen LogP contribution is -2.23. The molecule has 1 atom stereocenters. The van der Waals surface area contributed by atoms with Crippen molar-refractivity contribution in [1.82, 2.24) is 0 Å². The van der Waals surface area contributed by atoms with Crippen molar-refractivity contribution in [3.8, 4) is 5.75 Å². The maximum atomic E-state index is 13.3. The standard InChI is InChI=1S/C24H25NO4S2/c1-3-4-12-29-18-10-8-17(9-11-18)20-14-22(26)25-23-21(15-30-24(20)23)31(27,28)19-7-5-6-16(2)13-19/h5-11,13,15,20H,3-4,12,14H2,1-2H3,(H,25,26). The van der Waals surface area contributed by atoms with Crippen LogP contribution in [0.15, 0.2) is 63.7 Å². The number of benzene rings is 2. The third-order valence-electron chi connectivity index (χ3n) is 5.39. The lowest BCUT2D eigenvalue weighted by atomic mass is 9.90. The second-order valence-electron chi connectivity index (χ2n) is 7.74. The van der Waals surface area contributed by atoms with E-state index in [1.54, 1.807) is 23.6 Å². The zero-order valence-electron chi connectivity index (χ0n) is 17.6. The molecule has 4 rings (SSSR count). The second-order valence-corrected chi connectivity index (χ2v) is 10.6. The molecule has 1 aromatic heterocycles. The van der Waals surface area contributed by atoms with E-state index in [1.165, 1.54) is 11.3 Å². The highest BCUT2D eigenvalue weighted by Gasteiger charge is 2.34. The normalized spacial score (nSPS) is 15.9. The minimum atomic E-state index is -3.73. The third kappa shape index (κ3) is 4.38. The van der Waals surface area contributed by atoms with Crippen molar-refractivity contribution in [1.29, 1.82) is 0 Å². The van der Waals surface area contributed by atoms with Crippen molar-refractivity contribution in [3.63, 3.8) is 0 Å². The van der Waals surface area contributed by atoms with Crippen LogP contribution >= 0.6 is 11.3 Å². The molecular weight excluding hydrogens is 430 g/mol. The monoisotopic (exact) mass is 455 g/mol. The number of carbonyl (C=O) groups is 1. The van der Waals surface area contributed by atoms with Crippen molar-refractivity contribution < 1.29 is 17.9 Å². The van der Waals surface area contributed by atoms with Gasteiger partial charge in [-0.25, -0.2) is 8.42 Å². The van der Waals surface area contributed by atoms with Crippen LogP contribution in [0.3, 0.4) is 0 Å². The highest BCUT2D eigenvalue weighted by molar-refractivity contribution is 7.91. The van der Waals surface area contributed by atoms with Crippen molar-refractivity contribution in [2.75, 3.05) is 11.9 Å². The van der Waals surface area contributed by atoms with Gasteiger partial charge in [0, 0.05) is 22.6 Å². The Balaban J connectivity index is 1.67. The van der Waals surface area contributed by atoms with Gasteiger partial charge in [-0.2, -0.15) is 0 Å². The van der Waals surface area contributed by atoms with Crippen LogP contribution < -0.4 is 10.1 Å². The van der Waals surface area contributed by atoms with E-state index in [0.29, 0.717) is 12.3 Å². The van der Waals surface area contributed by atoms with E-state index in [2.05, 4.69) is 12.2 Å². The highest BCUT2D eigenvalue weighted by atomic mass is 32.2. The van der Waals surface area contributed by atoms with E-state index in [9.17, 15) is 13.2 Å². The molecule has 7 heteroatoms. The van der Waals surface area contributed by atoms with Crippen LogP contribution in [0.5, 0.6) is 5.75 Å². The number of unbranched alkanes of at least 4 members (excludes halogenated alkanes) is 1. The molecule has 1 amide bonds. The van der Waals surface area contributed by atoms with Crippen molar-refractivity contribution in [2.24, 2.45) is 0 Å². The van der Waals surface area contributed by atoms with Gasteiger partial charge in [-0.05, 0) is 48.7 Å². The quantitative estimate of drug-likeness (QED) is 0.475. The smallest absolute Gasteiger partial charge is 0.225 e. The van der Waals surface area contributed by atoms with E-state index in [1.807, 2.05) is 37.3 Å². The fourth-order valence-electron chi connectivity index (χ4n) is 3.71. The molecule has 0 aliphatic carbocycles. The number of thiophene rings is 1. The van der Waals surface area contributed by atoms with Gasteiger partial charge in [-0.1, -0.05) is 37.6 Å². The molecule has 1 aliphatic heterocycles. The van der Waals surface area contributed by atoms with Crippen LogP contribution in [0.25, 0.3) is 0 Å². The van der Waals surface area contributed by atoms with Crippen LogP contribution in [0, 0.1) is 6.92 Å². The number of anilines is 1. The Bertz CT molecular complexity index is 1200. The predicted octanol–water partition coefficient (Wildman–Crippen LogP) is 5.54. The first-order valence-corrected chi connectivity index (χ1v) is 12.7. The SMILES string of the molecule is CCCCOc1ccc(C2CC(=O)Nc3c(S(=O)(=O)c4cccc(C)c4)csc32)cc1. The summed E-state index contributed by atoms with van der Waals surface area (Å²) in [4.78, 5) is 13.8. The topological polar surface area (TPSA) is 72.5 Å². The van der Waals surface area contributed by atoms with Gasteiger partial charge in [0.15, 0.2) is 0 Å². The highest BCUT2D eigenvalue weighted by Crippen LogP contribution is 2.46. The first-order chi connectivity index (χ1) is 14.9. The summed E-state index contributed by atoms with van der Waals surface area (Å²) < 4.78 is 32.3. The van der Waals surface area contributed by atoms with E-state index < -0.39 is 9.84 Å². The fraction of sp³-hybridized carbons (Fsp3) is 0.292. The summed E-state index contributed by atoms with van der Waals surface area (Å²) in [6.07, 6.45) is 2.36. The largest absolute Gasteiger partial charge is 0.494 e. The molecule has 0 bridgehead atoms. The molecule has 1 aliphatic rings. The number of sulfone groups is 1. The predicted molar refractivity (Wildman–Crippen MR) is 123 cm³/mol. The molecule has 0 saturated carbocycles. The molecule has 2 aromatic carbocycles. The molecule has 162 valence electrons. The second kappa shape index (κ2) is 8.85. The molecule has 1 N–H and O–H groups in total. The van der Waals surface area contributed by atoms with Crippen LogP contribution in [0.1, 0.15) is 48.1 Å². The van der Waals surface area contributed by atoms with Crippen molar-refractivity contribution >= 4 is 32.8 Å². The number of rotatable bonds is 7. The first kappa shape index (κ1) is 21.6. The van der Waals surface area contributed by atoms with Crippen LogP contribution in [0.4, 0.5) is 5.69 Å². The van der Waals surface area contributed by atoms with Gasteiger partial charge in [-0.15, -0.1) is 11.3 Å². The molecule has 3 aromatic rings. The van der Waals surface area contributed by atoms with Gasteiger partial charge < -0.3 is 10.1 Å². The number of ether oxygens (including phenoxy) is 1. The average molecular weight is 456 g/mol. The van der Waals surface area contributed by atoms with Crippen molar-refractivity contribution in [3.05, 3.63) is 69.9 Å². The Morgan fingerprint density at radius 1 is 1.16 bits per heavy atom. The number of aryl methyl sites for hydroxylation is 1. The number of nitrogens with one attached hydrogen (secondary N) is 1. The summed E-state index contributed by atoms with van der Waals surface area (Å²) in [6.45, 7) is 4.65. The number of amides is 1. The maximum absolute atomic E-state index is 13.3. The van der Waals surface area contributed by atoms with Gasteiger partial charge in [0.2, 0.25) is 15.7 Å². The molecule has 0 fully saturated rings. The Morgan fingerprint density at radius 3 is 2.65 bits per heavy atom. The third-order valence-corrected chi connectivity index (χ3v) is 8.42. The van der Waals surface area contributed by atoms with Gasteiger partial charge in [0.1, 0.15) is 10.6 Å². The summed E-state index contributed by atoms with van der Waals surface area (Å²) in [6, 6.07) is 14.6. The minimum Gasteiger partial charge on any atom is -0.494 e. The molecular formula is C24H25NO4S2. The molecule has 5 nitrogen and oxygen atoms in total. The molecule has 31 heavy (non-hydrogen) atoms. The zero-order valence-corrected chi connectivity index (χ0v) is 19.2. The van der Waals surface area contributed by atoms with Gasteiger partial charge in [0.25, 0.3) is 0 Å². The van der Waals surface area contributed by atoms with Gasteiger partial charge in [-0.3, -0.25) is 4.79 Å². The maximum Gasteiger partial charge on any atom is 0.225 e. The molecule has 0 saturated heterocycles. The average Bonchev–Trinajstić information content (AvgIpc) is 3.18. The minimum absolute atomic E-state index is 0.163. The summed E-state index contributed by atoms with van der Waals surface area (Å²) in [5, 5.41) is 4.45. The zero-order chi connectivity index (χ0) is 22.0. The number of hydrogen-bond donors (Lipinski definition) is 1. The molecule has 1 unspecified atom stereocenters. The number of fused-ring (bicyclic) bond motifs is 1. The lowest BCUT2D eigenvalue weighted by molar-refractivity contribution is -0.116. The fourth-order valence-corrected chi connectivity index (χ4v) is 6.72. The Kier molecular flexibility index (Phi) is 6.16. The van der Waals surface area contributed by atoms with E-state index in [0.717, 1.165) is 34.6 Å². The van der Waals surface area contributed by atoms with Crippen LogP contribution in [-0.2, 0) is 14.6 Å². The molecule has 0 spiro atoms. The van der Waals surface area contributed by atoms with E-state index in [-0.39, 0.29) is 28.0 Å². The Labute approximate surface area is 187 Å². The summed E-state index contributed by atoms with van der Waals surface area (Å²) in [5.41, 5.74) is 2.25. The Hall–Kier alpha value is -2.64. The number of hydrogen-bond acceptors (Lipinski definition) is 5. The summed E-state index contributed by atoms with van der Waals surface area (Å²) in [7, 11) is -3.73. The Morgan fingerprint density at radius 2 is 1.94 bits per heavy atom. The van der Waals surface area contributed by atoms with Gasteiger partial charge >= 0.3 is 0 Å². The molecule has 0 radical (unpaired) electrons. The van der Waals surface area contributed by atoms with Crippen molar-refractivity contribution in [2.45, 2.75) is 48.8 Å². The number of carbonyl (C=O) groups excluding carboxylic acids is 1. The van der Waals surface area contributed by atoms with E-state index >= 15 is 0 Å². The van der Waals surface area contributed by atoms with Crippen LogP contribution in [-0.4, -0.2) is 20.9 Å². The first-order valence-electron chi connectivity index (χ1n) is 10.4. The van der Waals surface area contributed by atoms with Crippen LogP contribution in [0.2, 0.25) is 0 Å². The van der Waals surface area contributed by atoms with Gasteiger partial charge in [0.05, 0.1) is 17.2 Å². The van der Waals surface area contributed by atoms with E-state index in [4.69, 9.17) is 4.74 Å². The summed E-state index contributed by atoms with van der Waals surface area (Å²) in [5.74, 6) is 0.436. The lowest BCUT2D eigenvalue weighted by Gasteiger charge is -2.24.